The Morgan fingerprint density at radius 3 is 2.56 bits per heavy atom. The van der Waals surface area contributed by atoms with E-state index in [4.69, 9.17) is 4.42 Å². The first-order chi connectivity index (χ1) is 12.9. The van der Waals surface area contributed by atoms with Gasteiger partial charge in [0.15, 0.2) is 5.76 Å². The second kappa shape index (κ2) is 10.2. The van der Waals surface area contributed by atoms with E-state index in [2.05, 4.69) is 31.4 Å². The molecule has 0 aromatic carbocycles. The lowest BCUT2D eigenvalue weighted by Gasteiger charge is -2.39. The van der Waals surface area contributed by atoms with Gasteiger partial charge in [0.1, 0.15) is 6.04 Å². The minimum Gasteiger partial charge on any atom is -0.459 e. The summed E-state index contributed by atoms with van der Waals surface area (Å²) in [7, 11) is 0. The third-order valence-corrected chi connectivity index (χ3v) is 6.71. The molecule has 2 rings (SSSR count). The second-order valence-corrected chi connectivity index (χ2v) is 9.17. The molecule has 2 N–H and O–H groups in total. The van der Waals surface area contributed by atoms with E-state index in [1.54, 1.807) is 23.9 Å². The first-order valence-corrected chi connectivity index (χ1v) is 11.4. The predicted molar refractivity (Wildman–Crippen MR) is 111 cm³/mol. The summed E-state index contributed by atoms with van der Waals surface area (Å²) < 4.78 is 5.14. The van der Waals surface area contributed by atoms with Gasteiger partial charge >= 0.3 is 0 Å². The average molecular weight is 395 g/mol. The van der Waals surface area contributed by atoms with E-state index >= 15 is 0 Å². The third-order valence-electron chi connectivity index (χ3n) is 6.07. The summed E-state index contributed by atoms with van der Waals surface area (Å²) in [5.41, 5.74) is 0.368. The average Bonchev–Trinajstić information content (AvgIpc) is 3.20. The van der Waals surface area contributed by atoms with Crippen LogP contribution in [0.25, 0.3) is 0 Å². The van der Waals surface area contributed by atoms with Gasteiger partial charge in [-0.25, -0.2) is 0 Å². The normalized spacial score (nSPS) is 21.5. The van der Waals surface area contributed by atoms with Crippen molar-refractivity contribution in [2.24, 2.45) is 11.3 Å². The van der Waals surface area contributed by atoms with Crippen molar-refractivity contribution in [2.75, 3.05) is 12.0 Å². The molecule has 1 fully saturated rings. The standard InChI is InChI=1S/C21H34N2O3S/c1-5-21(2,3)15-8-10-16(11-9-15)22-19(24)17(12-14-27-4)23-20(25)18-7-6-13-26-18/h6-7,13,15-17H,5,8-12,14H2,1-4H3,(H,22,24)(H,23,25). The maximum Gasteiger partial charge on any atom is 0.287 e. The lowest BCUT2D eigenvalue weighted by Crippen LogP contribution is -2.50. The number of furan rings is 1. The lowest BCUT2D eigenvalue weighted by molar-refractivity contribution is -0.124. The van der Waals surface area contributed by atoms with Crippen molar-refractivity contribution in [3.8, 4) is 0 Å². The highest BCUT2D eigenvalue weighted by Crippen LogP contribution is 2.40. The van der Waals surface area contributed by atoms with Crippen LogP contribution in [-0.2, 0) is 4.79 Å². The van der Waals surface area contributed by atoms with E-state index in [0.717, 1.165) is 37.4 Å². The highest BCUT2D eigenvalue weighted by Gasteiger charge is 2.33. The number of nitrogens with one attached hydrogen (secondary N) is 2. The molecule has 0 spiro atoms. The van der Waals surface area contributed by atoms with Gasteiger partial charge in [-0.1, -0.05) is 27.2 Å². The minimum absolute atomic E-state index is 0.0813. The van der Waals surface area contributed by atoms with Crippen LogP contribution >= 0.6 is 11.8 Å². The monoisotopic (exact) mass is 394 g/mol. The van der Waals surface area contributed by atoms with Crippen LogP contribution in [0.4, 0.5) is 0 Å². The first-order valence-electron chi connectivity index (χ1n) is 10.0. The number of hydrogen-bond donors (Lipinski definition) is 2. The van der Waals surface area contributed by atoms with E-state index in [-0.39, 0.29) is 23.6 Å². The molecule has 152 valence electrons. The smallest absolute Gasteiger partial charge is 0.287 e. The highest BCUT2D eigenvalue weighted by molar-refractivity contribution is 7.98. The van der Waals surface area contributed by atoms with Crippen LogP contribution in [0, 0.1) is 11.3 Å². The molecule has 1 aromatic rings. The zero-order valence-electron chi connectivity index (χ0n) is 17.0. The molecule has 1 unspecified atom stereocenters. The largest absolute Gasteiger partial charge is 0.459 e. The summed E-state index contributed by atoms with van der Waals surface area (Å²) in [5.74, 6) is 1.35. The molecule has 1 aliphatic carbocycles. The van der Waals surface area contributed by atoms with Gasteiger partial charge in [0.2, 0.25) is 5.91 Å². The molecular formula is C21H34N2O3S. The Morgan fingerprint density at radius 2 is 2.00 bits per heavy atom. The van der Waals surface area contributed by atoms with Crippen molar-refractivity contribution in [1.82, 2.24) is 10.6 Å². The van der Waals surface area contributed by atoms with Gasteiger partial charge in [0.05, 0.1) is 6.26 Å². The Balaban J connectivity index is 1.89. The molecule has 1 aliphatic rings. The summed E-state index contributed by atoms with van der Waals surface area (Å²) in [6.45, 7) is 6.95. The summed E-state index contributed by atoms with van der Waals surface area (Å²) in [6, 6.07) is 2.95. The van der Waals surface area contributed by atoms with Crippen LogP contribution < -0.4 is 10.6 Å². The van der Waals surface area contributed by atoms with Crippen molar-refractivity contribution >= 4 is 23.6 Å². The molecule has 0 bridgehead atoms. The molecular weight excluding hydrogens is 360 g/mol. The van der Waals surface area contributed by atoms with Gasteiger partial charge in [-0.15, -0.1) is 0 Å². The van der Waals surface area contributed by atoms with Crippen LogP contribution in [-0.4, -0.2) is 35.9 Å². The number of thioether (sulfide) groups is 1. The Labute approximate surface area is 167 Å². The zero-order chi connectivity index (χ0) is 19.9. The molecule has 27 heavy (non-hydrogen) atoms. The van der Waals surface area contributed by atoms with E-state index < -0.39 is 6.04 Å². The van der Waals surface area contributed by atoms with Crippen molar-refractivity contribution < 1.29 is 14.0 Å². The van der Waals surface area contributed by atoms with Crippen molar-refractivity contribution in [2.45, 2.75) is 71.4 Å². The highest BCUT2D eigenvalue weighted by atomic mass is 32.2. The van der Waals surface area contributed by atoms with Crippen molar-refractivity contribution in [3.05, 3.63) is 24.2 Å². The fourth-order valence-electron chi connectivity index (χ4n) is 3.75. The Kier molecular flexibility index (Phi) is 8.27. The molecule has 1 aromatic heterocycles. The van der Waals surface area contributed by atoms with Gasteiger partial charge in [0, 0.05) is 6.04 Å². The fourth-order valence-corrected chi connectivity index (χ4v) is 4.22. The Hall–Kier alpha value is -1.43. The van der Waals surface area contributed by atoms with E-state index in [0.29, 0.717) is 11.8 Å². The van der Waals surface area contributed by atoms with Gasteiger partial charge in [-0.05, 0) is 67.6 Å². The third kappa shape index (κ3) is 6.30. The van der Waals surface area contributed by atoms with Gasteiger partial charge in [0.25, 0.3) is 5.91 Å². The van der Waals surface area contributed by atoms with Crippen molar-refractivity contribution in [3.63, 3.8) is 0 Å². The topological polar surface area (TPSA) is 71.3 Å². The summed E-state index contributed by atoms with van der Waals surface area (Å²) in [5, 5.41) is 6.00. The number of amides is 2. The van der Waals surface area contributed by atoms with Crippen LogP contribution in [0.15, 0.2) is 22.8 Å². The lowest BCUT2D eigenvalue weighted by atomic mass is 9.69. The number of hydrogen-bond acceptors (Lipinski definition) is 4. The summed E-state index contributed by atoms with van der Waals surface area (Å²) in [4.78, 5) is 25.1. The van der Waals surface area contributed by atoms with Crippen LogP contribution in [0.3, 0.4) is 0 Å². The van der Waals surface area contributed by atoms with E-state index in [1.807, 2.05) is 6.26 Å². The molecule has 1 saturated carbocycles. The SMILES string of the molecule is CCC(C)(C)C1CCC(NC(=O)C(CCSC)NC(=O)c2ccco2)CC1. The molecule has 1 heterocycles. The molecule has 0 saturated heterocycles. The van der Waals surface area contributed by atoms with Crippen LogP contribution in [0.2, 0.25) is 0 Å². The maximum absolute atomic E-state index is 12.8. The van der Waals surface area contributed by atoms with Gasteiger partial charge in [-0.2, -0.15) is 11.8 Å². The predicted octanol–water partition coefficient (Wildman–Crippen LogP) is 4.24. The molecule has 6 heteroatoms. The summed E-state index contributed by atoms with van der Waals surface area (Å²) in [6.07, 6.45) is 9.59. The number of carbonyl (C=O) groups is 2. The molecule has 1 atom stereocenters. The molecule has 5 nitrogen and oxygen atoms in total. The van der Waals surface area contributed by atoms with Gasteiger partial charge in [-0.3, -0.25) is 9.59 Å². The van der Waals surface area contributed by atoms with Crippen LogP contribution in [0.1, 0.15) is 69.9 Å². The number of carbonyl (C=O) groups excluding carboxylic acids is 2. The fraction of sp³-hybridized carbons (Fsp3) is 0.714. The second-order valence-electron chi connectivity index (χ2n) is 8.18. The summed E-state index contributed by atoms with van der Waals surface area (Å²) >= 11 is 1.67. The van der Waals surface area contributed by atoms with Crippen LogP contribution in [0.5, 0.6) is 0 Å². The van der Waals surface area contributed by atoms with E-state index in [1.165, 1.54) is 12.7 Å². The quantitative estimate of drug-likeness (QED) is 0.657. The maximum atomic E-state index is 12.8. The van der Waals surface area contributed by atoms with Gasteiger partial charge < -0.3 is 15.1 Å². The Bertz CT molecular complexity index is 593. The zero-order valence-corrected chi connectivity index (χ0v) is 17.9. The molecule has 0 radical (unpaired) electrons. The van der Waals surface area contributed by atoms with E-state index in [9.17, 15) is 9.59 Å². The minimum atomic E-state index is -0.528. The molecule has 0 aliphatic heterocycles. The number of rotatable bonds is 9. The van der Waals surface area contributed by atoms with Crippen molar-refractivity contribution in [1.29, 1.82) is 0 Å². The molecule has 2 amide bonds. The Morgan fingerprint density at radius 1 is 1.30 bits per heavy atom. The first kappa shape index (κ1) is 21.9.